The van der Waals surface area contributed by atoms with Gasteiger partial charge in [-0.05, 0) is 23.8 Å². The third-order valence-corrected chi connectivity index (χ3v) is 3.58. The summed E-state index contributed by atoms with van der Waals surface area (Å²) in [6, 6.07) is 11.0. The number of hydrogen-bond donors (Lipinski definition) is 1. The van der Waals surface area contributed by atoms with Crippen LogP contribution in [0.15, 0.2) is 36.4 Å². The van der Waals surface area contributed by atoms with E-state index in [4.69, 9.17) is 14.2 Å². The molecule has 1 aliphatic heterocycles. The summed E-state index contributed by atoms with van der Waals surface area (Å²) in [6.45, 7) is 2.34. The molecular formula is C16H16O4. The molecule has 0 bridgehead atoms. The molecule has 4 nitrogen and oxygen atoms in total. The van der Waals surface area contributed by atoms with Crippen LogP contribution < -0.4 is 14.2 Å². The molecule has 2 aromatic carbocycles. The van der Waals surface area contributed by atoms with Gasteiger partial charge >= 0.3 is 0 Å². The lowest BCUT2D eigenvalue weighted by Crippen LogP contribution is -1.99. The Labute approximate surface area is 117 Å². The first-order chi connectivity index (χ1) is 9.69. The number of methoxy groups -OCH3 is 1. The molecule has 0 radical (unpaired) electrons. The van der Waals surface area contributed by atoms with E-state index in [1.165, 1.54) is 0 Å². The summed E-state index contributed by atoms with van der Waals surface area (Å²) < 4.78 is 16.2. The zero-order valence-corrected chi connectivity index (χ0v) is 11.4. The molecule has 0 saturated heterocycles. The summed E-state index contributed by atoms with van der Waals surface area (Å²) in [6.07, 6.45) is 0. The number of ether oxygens (including phenoxy) is 3. The summed E-state index contributed by atoms with van der Waals surface area (Å²) in [4.78, 5) is 0. The van der Waals surface area contributed by atoms with Gasteiger partial charge in [0.05, 0.1) is 7.11 Å². The molecule has 20 heavy (non-hydrogen) atoms. The number of phenolic OH excluding ortho intramolecular Hbond substituents is 1. The minimum atomic E-state index is 0.125. The largest absolute Gasteiger partial charge is 0.508 e. The lowest BCUT2D eigenvalue weighted by atomic mass is 9.92. The van der Waals surface area contributed by atoms with Crippen LogP contribution in [0.3, 0.4) is 0 Å². The van der Waals surface area contributed by atoms with Crippen molar-refractivity contribution in [2.45, 2.75) is 12.8 Å². The number of fused-ring (bicyclic) bond motifs is 1. The van der Waals surface area contributed by atoms with Crippen LogP contribution in [-0.2, 0) is 0 Å². The zero-order chi connectivity index (χ0) is 14.1. The number of aromatic hydroxyl groups is 1. The number of rotatable bonds is 3. The van der Waals surface area contributed by atoms with Crippen LogP contribution in [0, 0.1) is 0 Å². The average Bonchev–Trinajstić information content (AvgIpc) is 2.93. The zero-order valence-electron chi connectivity index (χ0n) is 11.4. The highest BCUT2D eigenvalue weighted by Gasteiger charge is 2.21. The molecule has 1 unspecified atom stereocenters. The van der Waals surface area contributed by atoms with Gasteiger partial charge in [-0.3, -0.25) is 0 Å². The van der Waals surface area contributed by atoms with Crippen molar-refractivity contribution in [2.24, 2.45) is 0 Å². The van der Waals surface area contributed by atoms with E-state index in [1.807, 2.05) is 24.3 Å². The van der Waals surface area contributed by atoms with Crippen LogP contribution >= 0.6 is 0 Å². The third kappa shape index (κ3) is 2.13. The Bertz CT molecular complexity index is 619. The first kappa shape index (κ1) is 12.7. The molecule has 3 rings (SSSR count). The van der Waals surface area contributed by atoms with Gasteiger partial charge < -0.3 is 19.3 Å². The standard InChI is InChI=1S/C16H16O4/c1-10(11-3-5-12(17)6-4-11)13-7-15-16(20-9-19-15)8-14(13)18-2/h3-8,10,17H,9H2,1-2H3. The minimum Gasteiger partial charge on any atom is -0.508 e. The predicted molar refractivity (Wildman–Crippen MR) is 74.7 cm³/mol. The fourth-order valence-corrected chi connectivity index (χ4v) is 2.40. The SMILES string of the molecule is COc1cc2c(cc1C(C)c1ccc(O)cc1)OCO2. The van der Waals surface area contributed by atoms with Crippen molar-refractivity contribution in [1.29, 1.82) is 0 Å². The molecule has 0 saturated carbocycles. The summed E-state index contributed by atoms with van der Waals surface area (Å²) in [7, 11) is 1.64. The predicted octanol–water partition coefficient (Wildman–Crippen LogP) is 3.28. The fourth-order valence-electron chi connectivity index (χ4n) is 2.40. The van der Waals surface area contributed by atoms with Gasteiger partial charge in [0.15, 0.2) is 11.5 Å². The van der Waals surface area contributed by atoms with E-state index in [0.29, 0.717) is 5.75 Å². The quantitative estimate of drug-likeness (QED) is 0.931. The van der Waals surface area contributed by atoms with Crippen molar-refractivity contribution in [3.05, 3.63) is 47.5 Å². The second-order valence-corrected chi connectivity index (χ2v) is 4.76. The highest BCUT2D eigenvalue weighted by molar-refractivity contribution is 5.54. The highest BCUT2D eigenvalue weighted by atomic mass is 16.7. The maximum absolute atomic E-state index is 9.38. The lowest BCUT2D eigenvalue weighted by molar-refractivity contribution is 0.174. The number of hydrogen-bond acceptors (Lipinski definition) is 4. The first-order valence-electron chi connectivity index (χ1n) is 6.45. The summed E-state index contributed by atoms with van der Waals surface area (Å²) >= 11 is 0. The maximum atomic E-state index is 9.38. The van der Waals surface area contributed by atoms with Gasteiger partial charge in [0, 0.05) is 17.5 Å². The van der Waals surface area contributed by atoms with E-state index >= 15 is 0 Å². The third-order valence-electron chi connectivity index (χ3n) is 3.58. The molecule has 1 heterocycles. The monoisotopic (exact) mass is 272 g/mol. The van der Waals surface area contributed by atoms with Crippen LogP contribution in [0.25, 0.3) is 0 Å². The van der Waals surface area contributed by atoms with Crippen molar-refractivity contribution in [2.75, 3.05) is 13.9 Å². The van der Waals surface area contributed by atoms with Gasteiger partial charge in [-0.2, -0.15) is 0 Å². The molecule has 4 heteroatoms. The fraction of sp³-hybridized carbons (Fsp3) is 0.250. The molecule has 2 aromatic rings. The van der Waals surface area contributed by atoms with Crippen molar-refractivity contribution in [1.82, 2.24) is 0 Å². The van der Waals surface area contributed by atoms with Gasteiger partial charge in [-0.15, -0.1) is 0 Å². The molecule has 0 amide bonds. The Morgan fingerprint density at radius 1 is 1.10 bits per heavy atom. The van der Waals surface area contributed by atoms with Gasteiger partial charge in [0.25, 0.3) is 0 Å². The highest BCUT2D eigenvalue weighted by Crippen LogP contribution is 2.42. The molecule has 1 N–H and O–H groups in total. The molecule has 0 fully saturated rings. The Balaban J connectivity index is 2.02. The van der Waals surface area contributed by atoms with Crippen LogP contribution in [0.2, 0.25) is 0 Å². The number of phenols is 1. The van der Waals surface area contributed by atoms with Gasteiger partial charge in [0.1, 0.15) is 11.5 Å². The summed E-state index contributed by atoms with van der Waals surface area (Å²) in [5.41, 5.74) is 2.13. The molecule has 0 aliphatic carbocycles. The Kier molecular flexibility index (Phi) is 3.14. The molecule has 1 atom stereocenters. The summed E-state index contributed by atoms with van der Waals surface area (Å²) in [5, 5.41) is 9.38. The molecule has 0 spiro atoms. The second-order valence-electron chi connectivity index (χ2n) is 4.76. The van der Waals surface area contributed by atoms with E-state index in [-0.39, 0.29) is 18.5 Å². The van der Waals surface area contributed by atoms with Gasteiger partial charge in [-0.25, -0.2) is 0 Å². The van der Waals surface area contributed by atoms with E-state index in [0.717, 1.165) is 22.6 Å². The van der Waals surface area contributed by atoms with Crippen LogP contribution in [-0.4, -0.2) is 19.0 Å². The van der Waals surface area contributed by atoms with E-state index < -0.39 is 0 Å². The molecule has 104 valence electrons. The average molecular weight is 272 g/mol. The lowest BCUT2D eigenvalue weighted by Gasteiger charge is -2.17. The Morgan fingerprint density at radius 3 is 2.40 bits per heavy atom. The van der Waals surface area contributed by atoms with Gasteiger partial charge in [0.2, 0.25) is 6.79 Å². The number of benzene rings is 2. The van der Waals surface area contributed by atoms with Crippen LogP contribution in [0.1, 0.15) is 24.0 Å². The normalized spacial score (nSPS) is 14.1. The van der Waals surface area contributed by atoms with Crippen molar-refractivity contribution >= 4 is 0 Å². The van der Waals surface area contributed by atoms with Crippen molar-refractivity contribution < 1.29 is 19.3 Å². The topological polar surface area (TPSA) is 47.9 Å². The van der Waals surface area contributed by atoms with E-state index in [1.54, 1.807) is 19.2 Å². The smallest absolute Gasteiger partial charge is 0.231 e. The first-order valence-corrected chi connectivity index (χ1v) is 6.45. The molecule has 1 aliphatic rings. The van der Waals surface area contributed by atoms with Crippen molar-refractivity contribution in [3.63, 3.8) is 0 Å². The van der Waals surface area contributed by atoms with E-state index in [9.17, 15) is 5.11 Å². The Morgan fingerprint density at radius 2 is 1.75 bits per heavy atom. The molecule has 0 aromatic heterocycles. The van der Waals surface area contributed by atoms with E-state index in [2.05, 4.69) is 6.92 Å². The minimum absolute atomic E-state index is 0.125. The van der Waals surface area contributed by atoms with Crippen molar-refractivity contribution in [3.8, 4) is 23.0 Å². The van der Waals surface area contributed by atoms with Crippen LogP contribution in [0.5, 0.6) is 23.0 Å². The van der Waals surface area contributed by atoms with Crippen LogP contribution in [0.4, 0.5) is 0 Å². The Hall–Kier alpha value is -2.36. The van der Waals surface area contributed by atoms with Gasteiger partial charge in [-0.1, -0.05) is 19.1 Å². The second kappa shape index (κ2) is 4.96. The maximum Gasteiger partial charge on any atom is 0.231 e. The summed E-state index contributed by atoms with van der Waals surface area (Å²) in [5.74, 6) is 2.61. The molecular weight excluding hydrogens is 256 g/mol.